The standard InChI is InChI=1S/C24H23N2O/c1-13-8-9-19-18-10-11-20(25-6)16(4)23(18)27-24(19)22(13)21-12-14(2)15(3)17(5)26(21)7/h8-12H,1-5,7H3/q+1/i3D3,12D. The second kappa shape index (κ2) is 5.96. The van der Waals surface area contributed by atoms with Crippen LogP contribution in [0.2, 0.25) is 0 Å². The van der Waals surface area contributed by atoms with Gasteiger partial charge in [-0.1, -0.05) is 24.3 Å². The Morgan fingerprint density at radius 1 is 1.00 bits per heavy atom. The minimum atomic E-state index is -2.30. The van der Waals surface area contributed by atoms with Gasteiger partial charge in [-0.15, -0.1) is 0 Å². The molecule has 0 aliphatic rings. The van der Waals surface area contributed by atoms with Gasteiger partial charge in [0.15, 0.2) is 11.4 Å². The number of aromatic nitrogens is 1. The Labute approximate surface area is 165 Å². The molecule has 4 rings (SSSR count). The molecule has 3 nitrogen and oxygen atoms in total. The quantitative estimate of drug-likeness (QED) is 0.294. The molecule has 0 saturated heterocycles. The van der Waals surface area contributed by atoms with Gasteiger partial charge in [-0.05, 0) is 44.3 Å². The van der Waals surface area contributed by atoms with Crippen LogP contribution in [0.1, 0.15) is 33.4 Å². The van der Waals surface area contributed by atoms with Gasteiger partial charge in [-0.25, -0.2) is 4.85 Å². The van der Waals surface area contributed by atoms with Gasteiger partial charge in [0, 0.05) is 33.4 Å². The van der Waals surface area contributed by atoms with E-state index in [-0.39, 0.29) is 11.6 Å². The zero-order chi connectivity index (χ0) is 22.8. The highest BCUT2D eigenvalue weighted by Gasteiger charge is 2.24. The van der Waals surface area contributed by atoms with E-state index in [9.17, 15) is 0 Å². The van der Waals surface area contributed by atoms with Crippen molar-refractivity contribution in [2.75, 3.05) is 0 Å². The summed E-state index contributed by atoms with van der Waals surface area (Å²) >= 11 is 0. The van der Waals surface area contributed by atoms with Crippen LogP contribution in [-0.2, 0) is 7.05 Å². The van der Waals surface area contributed by atoms with Crippen LogP contribution in [0.25, 0.3) is 38.0 Å². The normalized spacial score (nSPS) is 13.9. The first-order valence-corrected chi connectivity index (χ1v) is 8.82. The molecule has 0 aliphatic carbocycles. The fourth-order valence-electron chi connectivity index (χ4n) is 3.70. The molecule has 2 aromatic carbocycles. The lowest BCUT2D eigenvalue weighted by atomic mass is 9.97. The van der Waals surface area contributed by atoms with Crippen molar-refractivity contribution in [3.63, 3.8) is 0 Å². The molecule has 0 unspecified atom stereocenters. The van der Waals surface area contributed by atoms with Crippen LogP contribution in [0.5, 0.6) is 0 Å². The summed E-state index contributed by atoms with van der Waals surface area (Å²) in [6.07, 6.45) is 0. The number of fused-ring (bicyclic) bond motifs is 3. The van der Waals surface area contributed by atoms with E-state index in [1.807, 2.05) is 32.0 Å². The van der Waals surface area contributed by atoms with Crippen molar-refractivity contribution in [1.82, 2.24) is 0 Å². The molecule has 0 saturated carbocycles. The highest BCUT2D eigenvalue weighted by molar-refractivity contribution is 6.11. The van der Waals surface area contributed by atoms with E-state index in [0.717, 1.165) is 27.5 Å². The largest absolute Gasteiger partial charge is 0.456 e. The average molecular weight is 359 g/mol. The molecular formula is C24H23N2O+. The van der Waals surface area contributed by atoms with Crippen molar-refractivity contribution in [3.05, 3.63) is 69.7 Å². The Bertz CT molecular complexity index is 1410. The lowest BCUT2D eigenvalue weighted by molar-refractivity contribution is -0.667. The van der Waals surface area contributed by atoms with Crippen LogP contribution in [-0.4, -0.2) is 0 Å². The van der Waals surface area contributed by atoms with Gasteiger partial charge in [0.05, 0.1) is 13.5 Å². The molecule has 0 spiro atoms. The Hall–Kier alpha value is -3.12. The topological polar surface area (TPSA) is 21.4 Å². The smallest absolute Gasteiger partial charge is 0.216 e. The fraction of sp³-hybridized carbons (Fsp3) is 0.250. The Morgan fingerprint density at radius 3 is 2.41 bits per heavy atom. The number of aryl methyl sites for hydroxylation is 2. The van der Waals surface area contributed by atoms with Gasteiger partial charge in [0.1, 0.15) is 18.2 Å². The van der Waals surface area contributed by atoms with Crippen LogP contribution in [0.4, 0.5) is 5.69 Å². The van der Waals surface area contributed by atoms with E-state index in [4.69, 9.17) is 16.5 Å². The number of benzene rings is 2. The number of rotatable bonds is 1. The van der Waals surface area contributed by atoms with Crippen LogP contribution in [0.15, 0.2) is 34.7 Å². The van der Waals surface area contributed by atoms with Crippen molar-refractivity contribution in [3.8, 4) is 11.3 Å². The van der Waals surface area contributed by atoms with E-state index in [1.165, 1.54) is 0 Å². The van der Waals surface area contributed by atoms with Crippen molar-refractivity contribution >= 4 is 27.6 Å². The highest BCUT2D eigenvalue weighted by atomic mass is 16.3. The molecule has 3 heteroatoms. The molecule has 0 fully saturated rings. The first kappa shape index (κ1) is 13.1. The number of pyridine rings is 1. The molecule has 2 aromatic heterocycles. The van der Waals surface area contributed by atoms with Crippen LogP contribution >= 0.6 is 0 Å². The third-order valence-electron chi connectivity index (χ3n) is 5.48. The summed E-state index contributed by atoms with van der Waals surface area (Å²) in [4.78, 5) is 3.58. The van der Waals surface area contributed by atoms with Gasteiger partial charge in [-0.3, -0.25) is 0 Å². The summed E-state index contributed by atoms with van der Waals surface area (Å²) in [5, 5.41) is 1.83. The maximum absolute atomic E-state index is 8.85. The Balaban J connectivity index is 2.17. The highest BCUT2D eigenvalue weighted by Crippen LogP contribution is 2.40. The minimum absolute atomic E-state index is 0.175. The van der Waals surface area contributed by atoms with Crippen molar-refractivity contribution in [1.29, 1.82) is 0 Å². The molecule has 4 aromatic rings. The zero-order valence-corrected chi connectivity index (χ0v) is 16.1. The molecule has 0 bridgehead atoms. The van der Waals surface area contributed by atoms with Crippen molar-refractivity contribution < 1.29 is 14.5 Å². The maximum Gasteiger partial charge on any atom is 0.216 e. The Kier molecular flexibility index (Phi) is 2.89. The summed E-state index contributed by atoms with van der Waals surface area (Å²) in [6, 6.07) is 7.86. The third-order valence-corrected chi connectivity index (χ3v) is 5.48. The van der Waals surface area contributed by atoms with E-state index >= 15 is 0 Å². The van der Waals surface area contributed by atoms with Gasteiger partial charge in [0.2, 0.25) is 5.69 Å². The summed E-state index contributed by atoms with van der Waals surface area (Å²) in [5.41, 5.74) is 6.23. The summed E-state index contributed by atoms with van der Waals surface area (Å²) in [7, 11) is 1.79. The van der Waals surface area contributed by atoms with E-state index < -0.39 is 6.85 Å². The maximum atomic E-state index is 8.85. The van der Waals surface area contributed by atoms with E-state index in [1.54, 1.807) is 31.5 Å². The van der Waals surface area contributed by atoms with Crippen molar-refractivity contribution in [2.45, 2.75) is 34.5 Å². The second-order valence-corrected chi connectivity index (χ2v) is 7.05. The first-order chi connectivity index (χ1) is 14.5. The molecule has 0 radical (unpaired) electrons. The molecule has 0 aliphatic heterocycles. The molecule has 0 atom stereocenters. The van der Waals surface area contributed by atoms with Crippen LogP contribution in [0.3, 0.4) is 0 Å². The van der Waals surface area contributed by atoms with Gasteiger partial charge in [-0.2, -0.15) is 4.57 Å². The second-order valence-electron chi connectivity index (χ2n) is 7.05. The Morgan fingerprint density at radius 2 is 1.70 bits per heavy atom. The summed E-state index contributed by atoms with van der Waals surface area (Å²) < 4.78 is 40.7. The lowest BCUT2D eigenvalue weighted by Crippen LogP contribution is -2.36. The third kappa shape index (κ3) is 2.37. The van der Waals surface area contributed by atoms with Gasteiger partial charge < -0.3 is 4.42 Å². The van der Waals surface area contributed by atoms with Gasteiger partial charge >= 0.3 is 0 Å². The van der Waals surface area contributed by atoms with Crippen molar-refractivity contribution in [2.24, 2.45) is 7.05 Å². The molecule has 134 valence electrons. The fourth-order valence-corrected chi connectivity index (χ4v) is 3.70. The zero-order valence-electron chi connectivity index (χ0n) is 20.1. The van der Waals surface area contributed by atoms with Crippen LogP contribution in [0, 0.1) is 41.1 Å². The molecule has 2 heterocycles. The number of hydrogen-bond donors (Lipinski definition) is 0. The SMILES string of the molecule is [2H]c1c(C)c(C([2H])([2H])[2H])c(C)[n+](C)c1-c1c(C)ccc2c1oc1c(C)c([N+]#[C-])ccc12. The molecule has 0 amide bonds. The lowest BCUT2D eigenvalue weighted by Gasteiger charge is -2.10. The predicted octanol–water partition coefficient (Wildman–Crippen LogP) is 6.17. The first-order valence-electron chi connectivity index (χ1n) is 10.8. The van der Waals surface area contributed by atoms with Gasteiger partial charge in [0.25, 0.3) is 0 Å². The number of hydrogen-bond acceptors (Lipinski definition) is 1. The summed E-state index contributed by atoms with van der Waals surface area (Å²) in [6.45, 7) is 12.4. The number of nitrogens with zero attached hydrogens (tertiary/aromatic N) is 2. The molecule has 27 heavy (non-hydrogen) atoms. The predicted molar refractivity (Wildman–Crippen MR) is 110 cm³/mol. The number of furan rings is 1. The van der Waals surface area contributed by atoms with E-state index in [2.05, 4.69) is 4.85 Å². The summed E-state index contributed by atoms with van der Waals surface area (Å²) in [5.74, 6) is 0. The monoisotopic (exact) mass is 359 g/mol. The van der Waals surface area contributed by atoms with Crippen LogP contribution < -0.4 is 4.57 Å². The van der Waals surface area contributed by atoms with E-state index in [0.29, 0.717) is 33.8 Å². The molecule has 0 N–H and O–H groups in total. The molecular weight excluding hydrogens is 332 g/mol. The minimum Gasteiger partial charge on any atom is -0.456 e. The average Bonchev–Trinajstić information content (AvgIpc) is 3.07.